The van der Waals surface area contributed by atoms with Crippen LogP contribution in [0.4, 0.5) is 29.3 Å². The van der Waals surface area contributed by atoms with Crippen molar-refractivity contribution in [2.45, 2.75) is 63.6 Å². The molecule has 13 nitrogen and oxygen atoms in total. The fourth-order valence-electron chi connectivity index (χ4n) is 8.99. The van der Waals surface area contributed by atoms with Gasteiger partial charge in [-0.05, 0) is 99.2 Å². The first-order valence-corrected chi connectivity index (χ1v) is 20.0. The summed E-state index contributed by atoms with van der Waals surface area (Å²) in [7, 11) is 1.45. The van der Waals surface area contributed by atoms with E-state index in [9.17, 15) is 32.3 Å². The summed E-state index contributed by atoms with van der Waals surface area (Å²) >= 11 is 6.40. The molecular formula is C41H44ClF3N8O5. The maximum absolute atomic E-state index is 13.5. The molecule has 58 heavy (non-hydrogen) atoms. The molecule has 0 radical (unpaired) electrons. The zero-order chi connectivity index (χ0) is 40.8. The van der Waals surface area contributed by atoms with Crippen molar-refractivity contribution < 1.29 is 37.1 Å². The number of benzene rings is 2. The van der Waals surface area contributed by atoms with E-state index in [0.717, 1.165) is 69.3 Å². The second-order valence-corrected chi connectivity index (χ2v) is 16.3. The van der Waals surface area contributed by atoms with E-state index in [4.69, 9.17) is 21.4 Å². The van der Waals surface area contributed by atoms with Gasteiger partial charge in [-0.25, -0.2) is 9.78 Å². The van der Waals surface area contributed by atoms with Gasteiger partial charge in [-0.2, -0.15) is 18.3 Å². The number of ether oxygens (including phenoxy) is 1. The van der Waals surface area contributed by atoms with E-state index in [-0.39, 0.29) is 36.5 Å². The highest BCUT2D eigenvalue weighted by atomic mass is 35.5. The zero-order valence-electron chi connectivity index (χ0n) is 32.0. The zero-order valence-corrected chi connectivity index (χ0v) is 32.7. The smallest absolute Gasteiger partial charge is 0.433 e. The van der Waals surface area contributed by atoms with E-state index >= 15 is 0 Å². The van der Waals surface area contributed by atoms with Crippen molar-refractivity contribution in [3.8, 4) is 5.75 Å². The molecule has 17 heteroatoms. The van der Waals surface area contributed by atoms with E-state index in [0.29, 0.717) is 57.6 Å². The van der Waals surface area contributed by atoms with Crippen LogP contribution in [0.3, 0.4) is 0 Å². The van der Waals surface area contributed by atoms with Gasteiger partial charge in [0.25, 0.3) is 11.8 Å². The van der Waals surface area contributed by atoms with Crippen LogP contribution in [0.5, 0.6) is 5.75 Å². The number of amides is 5. The number of halogens is 4. The molecule has 2 N–H and O–H groups in total. The Labute approximate surface area is 337 Å². The fourth-order valence-corrected chi connectivity index (χ4v) is 9.21. The van der Waals surface area contributed by atoms with Crippen LogP contribution >= 0.6 is 11.6 Å². The first-order valence-electron chi connectivity index (χ1n) is 19.6. The van der Waals surface area contributed by atoms with E-state index in [1.54, 1.807) is 30.3 Å². The number of anilines is 2. The molecule has 1 spiro atoms. The van der Waals surface area contributed by atoms with E-state index in [2.05, 4.69) is 20.5 Å². The number of hydrogen-bond acceptors (Lipinski definition) is 8. The van der Waals surface area contributed by atoms with Crippen molar-refractivity contribution in [3.63, 3.8) is 0 Å². The lowest BCUT2D eigenvalue weighted by atomic mass is 9.57. The van der Waals surface area contributed by atoms with E-state index < -0.39 is 23.8 Å². The van der Waals surface area contributed by atoms with Gasteiger partial charge in [-0.1, -0.05) is 17.7 Å². The molecule has 306 valence electrons. The molecule has 1 aliphatic carbocycles. The molecule has 0 bridgehead atoms. The third-order valence-electron chi connectivity index (χ3n) is 12.2. The largest absolute Gasteiger partial charge is 0.494 e. The second kappa shape index (κ2) is 15.9. The van der Waals surface area contributed by atoms with Crippen LogP contribution in [0.1, 0.15) is 83.9 Å². The number of carbonyl (C=O) groups excluding carboxylic acids is 4. The molecule has 1 saturated carbocycles. The number of piperidine rings is 2. The summed E-state index contributed by atoms with van der Waals surface area (Å²) in [5.74, 6) is -0.181. The van der Waals surface area contributed by atoms with Gasteiger partial charge >= 0.3 is 12.2 Å². The van der Waals surface area contributed by atoms with Gasteiger partial charge in [0.2, 0.25) is 5.91 Å². The number of alkyl halides is 3. The first kappa shape index (κ1) is 39.6. The fraction of sp³-hybridized carbons (Fsp3) is 0.463. The number of carbonyl (C=O) groups is 4. The van der Waals surface area contributed by atoms with Crippen molar-refractivity contribution in [2.24, 2.45) is 11.3 Å². The molecule has 5 heterocycles. The molecule has 0 unspecified atom stereocenters. The average molecular weight is 821 g/mol. The minimum atomic E-state index is -4.67. The number of hydrogen-bond donors (Lipinski definition) is 2. The minimum absolute atomic E-state index is 0.0769. The van der Waals surface area contributed by atoms with Gasteiger partial charge in [-0.15, -0.1) is 0 Å². The summed E-state index contributed by atoms with van der Waals surface area (Å²) in [5, 5.41) is 10.9. The number of methoxy groups -OCH3 is 1. The molecule has 3 aliphatic heterocycles. The highest BCUT2D eigenvalue weighted by Crippen LogP contribution is 2.54. The Kier molecular flexibility index (Phi) is 10.8. The van der Waals surface area contributed by atoms with Gasteiger partial charge in [0.1, 0.15) is 17.1 Å². The maximum atomic E-state index is 13.5. The predicted octanol–water partition coefficient (Wildman–Crippen LogP) is 7.17. The van der Waals surface area contributed by atoms with Crippen LogP contribution in [-0.2, 0) is 11.0 Å². The lowest BCUT2D eigenvalue weighted by Crippen LogP contribution is -2.50. The molecule has 4 aliphatic rings. The highest BCUT2D eigenvalue weighted by Gasteiger charge is 2.46. The Morgan fingerprint density at radius 3 is 2.48 bits per heavy atom. The number of pyridine rings is 1. The summed E-state index contributed by atoms with van der Waals surface area (Å²) in [5.41, 5.74) is 0.687. The van der Waals surface area contributed by atoms with Crippen molar-refractivity contribution >= 4 is 57.6 Å². The molecule has 4 fully saturated rings. The molecule has 8 rings (SSSR count). The number of likely N-dealkylation sites (tertiary alicyclic amines) is 2. The van der Waals surface area contributed by atoms with Crippen LogP contribution in [0.25, 0.3) is 10.9 Å². The lowest BCUT2D eigenvalue weighted by molar-refractivity contribution is -0.141. The molecule has 2 aromatic heterocycles. The van der Waals surface area contributed by atoms with Crippen molar-refractivity contribution in [2.75, 3.05) is 56.6 Å². The van der Waals surface area contributed by atoms with Crippen molar-refractivity contribution in [1.82, 2.24) is 29.9 Å². The normalized spacial score (nSPS) is 19.3. The van der Waals surface area contributed by atoms with Gasteiger partial charge < -0.3 is 19.9 Å². The average Bonchev–Trinajstić information content (AvgIpc) is 3.62. The van der Waals surface area contributed by atoms with Gasteiger partial charge in [0.15, 0.2) is 0 Å². The second-order valence-electron chi connectivity index (χ2n) is 15.9. The first-order chi connectivity index (χ1) is 27.8. The van der Waals surface area contributed by atoms with Crippen molar-refractivity contribution in [3.05, 3.63) is 76.7 Å². The SMILES string of the molecule is COc1cc2nn(C3CCN(CCC4CC5(CCN(C(=O)c6ccc(Cl)c(N7CCC(=O)NC7=O)c6)CC5)C4)CC3)cc2cc1NC(=O)c1cccc(C(F)(F)F)n1. The Morgan fingerprint density at radius 2 is 1.78 bits per heavy atom. The third-order valence-corrected chi connectivity index (χ3v) is 12.6. The van der Waals surface area contributed by atoms with Crippen molar-refractivity contribution in [1.29, 1.82) is 0 Å². The summed E-state index contributed by atoms with van der Waals surface area (Å²) in [4.78, 5) is 59.7. The maximum Gasteiger partial charge on any atom is 0.433 e. The van der Waals surface area contributed by atoms with Crippen LogP contribution in [0.15, 0.2) is 54.7 Å². The number of nitrogens with zero attached hydrogens (tertiary/aromatic N) is 6. The highest BCUT2D eigenvalue weighted by molar-refractivity contribution is 6.34. The standard InChI is InChI=1S/C41H44ClF3N8O5/c1-58-34-21-31-27(19-32(34)47-37(55)30-3-2-4-35(46-30)41(43,44)45)24-53(49-31)28-8-14-50(15-9-28)13-7-25-22-40(23-25)11-17-51(18-12-40)38(56)26-5-6-29(42)33(20-26)52-16-10-36(54)48-39(52)57/h2-6,19-21,24-25,28H,7-18,22-23H2,1H3,(H,47,55)(H,48,54,57). The molecule has 3 saturated heterocycles. The number of urea groups is 1. The Bertz CT molecular complexity index is 2240. The lowest BCUT2D eigenvalue weighted by Gasteiger charge is -2.53. The number of nitrogens with one attached hydrogen (secondary N) is 2. The summed E-state index contributed by atoms with van der Waals surface area (Å²) in [6, 6.07) is 11.3. The molecule has 0 atom stereocenters. The van der Waals surface area contributed by atoms with Gasteiger partial charge in [-0.3, -0.25) is 29.3 Å². The van der Waals surface area contributed by atoms with Crippen LogP contribution < -0.4 is 20.3 Å². The van der Waals surface area contributed by atoms with Crippen LogP contribution in [0, 0.1) is 11.3 Å². The summed E-state index contributed by atoms with van der Waals surface area (Å²) in [6.45, 7) is 4.55. The summed E-state index contributed by atoms with van der Waals surface area (Å²) in [6.07, 6.45) is 4.78. The van der Waals surface area contributed by atoms with Gasteiger partial charge in [0, 0.05) is 62.4 Å². The quantitative estimate of drug-likeness (QED) is 0.181. The van der Waals surface area contributed by atoms with E-state index in [1.165, 1.54) is 30.9 Å². The summed E-state index contributed by atoms with van der Waals surface area (Å²) < 4.78 is 46.9. The van der Waals surface area contributed by atoms with Crippen LogP contribution in [-0.4, -0.2) is 94.7 Å². The van der Waals surface area contributed by atoms with Gasteiger partial charge in [0.05, 0.1) is 35.1 Å². The predicted molar refractivity (Wildman–Crippen MR) is 210 cm³/mol. The number of imide groups is 1. The topological polar surface area (TPSA) is 142 Å². The Morgan fingerprint density at radius 1 is 1.02 bits per heavy atom. The molecule has 5 amide bonds. The number of fused-ring (bicyclic) bond motifs is 1. The third kappa shape index (κ3) is 8.21. The Balaban J connectivity index is 0.790. The van der Waals surface area contributed by atoms with E-state index in [1.807, 2.05) is 15.8 Å². The number of aromatic nitrogens is 3. The molecule has 4 aromatic rings. The molecule has 2 aromatic carbocycles. The Hall–Kier alpha value is -5.22. The molecular weight excluding hydrogens is 777 g/mol. The number of rotatable bonds is 9. The van der Waals surface area contributed by atoms with Crippen LogP contribution in [0.2, 0.25) is 5.02 Å². The monoisotopic (exact) mass is 820 g/mol. The minimum Gasteiger partial charge on any atom is -0.494 e.